The number of nitrogens with one attached hydrogen (secondary N) is 24. The second-order valence-electron chi connectivity index (χ2n) is 33.4. The number of carbonyl (C=O) groups excluding carboxylic acids is 19. The van der Waals surface area contributed by atoms with Gasteiger partial charge in [-0.2, -0.15) is 12.6 Å². The van der Waals surface area contributed by atoms with Crippen molar-refractivity contribution >= 4 is 172 Å². The summed E-state index contributed by atoms with van der Waals surface area (Å²) in [5.74, 6) is -30.0. The molecule has 1 saturated heterocycles. The van der Waals surface area contributed by atoms with Crippen molar-refractivity contribution in [1.82, 2.24) is 126 Å². The Bertz CT molecular complexity index is 5050. The zero-order valence-electron chi connectivity index (χ0n) is 78.9. The summed E-state index contributed by atoms with van der Waals surface area (Å²) < 4.78 is 0. The largest absolute Gasteiger partial charge is 0.481 e. The summed E-state index contributed by atoms with van der Waals surface area (Å²) >= 11 is 4.29. The number of imidazole rings is 1. The molecule has 1 aromatic carbocycles. The third kappa shape index (κ3) is 42.1. The van der Waals surface area contributed by atoms with Crippen LogP contribution in [0.5, 0.6) is 0 Å². The lowest BCUT2D eigenvalue weighted by molar-refractivity contribution is -0.143. The number of aliphatic hydroxyl groups is 4. The Morgan fingerprint density at radius 1 is 0.444 bits per heavy atom. The van der Waals surface area contributed by atoms with Crippen LogP contribution in [0, 0.1) is 16.7 Å². The van der Waals surface area contributed by atoms with Crippen LogP contribution in [0.25, 0.3) is 10.9 Å². The van der Waals surface area contributed by atoms with Crippen LogP contribution >= 0.6 is 12.6 Å². The van der Waals surface area contributed by atoms with Crippen molar-refractivity contribution in [3.8, 4) is 0 Å². The highest BCUT2D eigenvalue weighted by atomic mass is 32.1. The number of hydrogen-bond acceptors (Lipinski definition) is 32. The van der Waals surface area contributed by atoms with Gasteiger partial charge < -0.3 is 179 Å². The van der Waals surface area contributed by atoms with Gasteiger partial charge in [-0.1, -0.05) is 32.0 Å². The third-order valence-corrected chi connectivity index (χ3v) is 21.7. The number of nitrogens with zero attached hydrogens (tertiary/aromatic N) is 2. The van der Waals surface area contributed by atoms with E-state index >= 15 is 0 Å². The Morgan fingerprint density at radius 2 is 0.847 bits per heavy atom. The van der Waals surface area contributed by atoms with Gasteiger partial charge in [0.05, 0.1) is 77.0 Å². The number of fused-ring (bicyclic) bond motifs is 1. The first-order chi connectivity index (χ1) is 67.9. The van der Waals surface area contributed by atoms with Crippen molar-refractivity contribution in [2.45, 2.75) is 221 Å². The van der Waals surface area contributed by atoms with Crippen LogP contribution < -0.4 is 124 Å². The van der Waals surface area contributed by atoms with E-state index in [9.17, 15) is 146 Å². The average molecular weight is 2060 g/mol. The highest BCUT2D eigenvalue weighted by molar-refractivity contribution is 7.80. The number of aromatic amines is 2. The molecule has 3 heterocycles. The van der Waals surface area contributed by atoms with Crippen molar-refractivity contribution in [3.05, 3.63) is 54.2 Å². The molecule has 2 aromatic heterocycles. The molecule has 38 N–H and O–H groups in total. The number of benzene rings is 1. The van der Waals surface area contributed by atoms with E-state index < -0.39 is 322 Å². The van der Waals surface area contributed by atoms with Gasteiger partial charge in [-0.15, -0.1) is 0 Å². The Hall–Kier alpha value is -15.5. The number of carboxylic acid groups (broad SMARTS) is 4. The summed E-state index contributed by atoms with van der Waals surface area (Å²) in [4.78, 5) is 318. The Morgan fingerprint density at radius 3 is 1.31 bits per heavy atom. The summed E-state index contributed by atoms with van der Waals surface area (Å²) in [7, 11) is 0. The lowest BCUT2D eigenvalue weighted by Gasteiger charge is -2.30. The van der Waals surface area contributed by atoms with E-state index in [0.717, 1.165) is 11.8 Å². The van der Waals surface area contributed by atoms with Crippen LogP contribution in [0.2, 0.25) is 0 Å². The first kappa shape index (κ1) is 121. The van der Waals surface area contributed by atoms with Crippen molar-refractivity contribution in [1.29, 1.82) is 10.8 Å². The normalized spacial score (nSPS) is 15.4. The number of aromatic nitrogens is 3. The van der Waals surface area contributed by atoms with Gasteiger partial charge >= 0.3 is 23.9 Å². The minimum Gasteiger partial charge on any atom is -0.481 e. The van der Waals surface area contributed by atoms with Crippen LogP contribution in [0.15, 0.2) is 43.0 Å². The number of aliphatic carboxylic acids is 4. The molecule has 60 nitrogen and oxygen atoms in total. The number of likely N-dealkylation sites (tertiary alicyclic amines) is 1. The molecule has 1 aliphatic heterocycles. The zero-order chi connectivity index (χ0) is 108. The van der Waals surface area contributed by atoms with Crippen LogP contribution in [0.1, 0.15) is 117 Å². The first-order valence-electron chi connectivity index (χ1n) is 45.0. The van der Waals surface area contributed by atoms with Crippen LogP contribution in [0.4, 0.5) is 0 Å². The monoisotopic (exact) mass is 2060 g/mol. The van der Waals surface area contributed by atoms with Crippen LogP contribution in [0.3, 0.4) is 0 Å². The molecule has 0 spiro atoms. The summed E-state index contributed by atoms with van der Waals surface area (Å²) in [5.41, 5.74) is 17.9. The second kappa shape index (κ2) is 61.2. The van der Waals surface area contributed by atoms with Gasteiger partial charge in [-0.05, 0) is 89.7 Å². The fraction of sp³-hybridized carbons (Fsp3) is 0.566. The molecule has 17 atom stereocenters. The summed E-state index contributed by atoms with van der Waals surface area (Å²) in [5, 5.41) is 140. The second-order valence-corrected chi connectivity index (χ2v) is 33.7. The Kier molecular flexibility index (Phi) is 51.4. The molecule has 61 heteroatoms. The average Bonchev–Trinajstić information content (AvgIpc) is 1.62. The van der Waals surface area contributed by atoms with E-state index in [1.54, 1.807) is 44.3 Å². The molecule has 0 aliphatic carbocycles. The van der Waals surface area contributed by atoms with Gasteiger partial charge in [0.15, 0.2) is 11.9 Å². The fourth-order valence-electron chi connectivity index (χ4n) is 13.8. The maximum atomic E-state index is 14.4. The van der Waals surface area contributed by atoms with Gasteiger partial charge in [0.2, 0.25) is 112 Å². The number of para-hydroxylation sites is 1. The predicted molar refractivity (Wildman–Crippen MR) is 501 cm³/mol. The van der Waals surface area contributed by atoms with Gasteiger partial charge in [-0.3, -0.25) is 116 Å². The molecule has 4 rings (SSSR count). The first-order valence-corrected chi connectivity index (χ1v) is 45.6. The topological polar surface area (TPSA) is 969 Å². The molecular weight excluding hydrogens is 1930 g/mol. The van der Waals surface area contributed by atoms with Gasteiger partial charge in [0.25, 0.3) is 0 Å². The number of nitrogens with two attached hydrogens (primary N) is 3. The minimum absolute atomic E-state index is 0.00606. The molecule has 0 unspecified atom stereocenters. The molecule has 1 aliphatic rings. The maximum Gasteiger partial charge on any atom is 0.328 e. The van der Waals surface area contributed by atoms with E-state index in [2.05, 4.69) is 102 Å². The van der Waals surface area contributed by atoms with Gasteiger partial charge in [0, 0.05) is 67.9 Å². The van der Waals surface area contributed by atoms with E-state index in [-0.39, 0.29) is 94.8 Å². The van der Waals surface area contributed by atoms with E-state index in [4.69, 9.17) is 33.1 Å². The number of rotatable bonds is 64. The number of carboxylic acids is 4. The summed E-state index contributed by atoms with van der Waals surface area (Å²) in [6, 6.07) is -21.8. The maximum absolute atomic E-state index is 14.4. The van der Waals surface area contributed by atoms with Crippen LogP contribution in [-0.4, -0.2) is 383 Å². The fourth-order valence-corrected chi connectivity index (χ4v) is 14.0. The molecule has 1 fully saturated rings. The predicted octanol–water partition coefficient (Wildman–Crippen LogP) is -15.0. The lowest BCUT2D eigenvalue weighted by Crippen LogP contribution is -2.61. The van der Waals surface area contributed by atoms with Crippen molar-refractivity contribution in [3.63, 3.8) is 0 Å². The number of hydrogen-bond donors (Lipinski definition) is 36. The summed E-state index contributed by atoms with van der Waals surface area (Å²) in [6.07, 6.45) is -0.841. The smallest absolute Gasteiger partial charge is 0.328 e. The molecule has 19 amide bonds. The van der Waals surface area contributed by atoms with Crippen molar-refractivity contribution in [2.24, 2.45) is 23.1 Å². The molecule has 3 aromatic rings. The molecule has 144 heavy (non-hydrogen) atoms. The SMILES string of the molecule is CC(C)C[C@H](NC(=O)[C@H](CCCNC(=N)N)NC(=O)[C@H](CO)NC(=O)[C@H](Cc1c[nH]cn1)NC(=O)[C@H](CCCNC(=N)N)NC(=O)[C@H](C)N)C(=O)N[C@@H](CCC(=O)O)C(=O)N[C@@H](CO)C(=O)N[C@@H](CO)C(=O)N[C@@H](CC(=O)O)C(=O)NCC(=O)N[C@@H](CC(=O)O)C(=O)NCC(=O)N[C@@H](C)C(=O)N[C@@H](Cc1c[nH]c2ccccc12)C(=O)N[C@@H](CS)C(=O)N1CCC[C@H]1C(=O)N[C@@H](C)C(=O)NCC(=O)N[C@@H](CO)C(=O)O. The molecule has 0 saturated carbocycles. The quantitative estimate of drug-likeness (QED) is 0.0108. The highest BCUT2D eigenvalue weighted by Gasteiger charge is 2.42. The van der Waals surface area contributed by atoms with Crippen molar-refractivity contribution in [2.75, 3.05) is 71.4 Å². The molecule has 0 radical (unpaired) electrons. The molecular formula is C83H127N29O31S. The third-order valence-electron chi connectivity index (χ3n) is 21.3. The van der Waals surface area contributed by atoms with Gasteiger partial charge in [0.1, 0.15) is 96.7 Å². The number of H-pyrrole nitrogens is 2. The lowest BCUT2D eigenvalue weighted by atomic mass is 10.0. The van der Waals surface area contributed by atoms with E-state index in [0.29, 0.717) is 16.5 Å². The van der Waals surface area contributed by atoms with E-state index in [1.165, 1.54) is 26.4 Å². The number of thiol groups is 1. The van der Waals surface area contributed by atoms with E-state index in [1.807, 2.05) is 31.9 Å². The Balaban J connectivity index is 1.42. The summed E-state index contributed by atoms with van der Waals surface area (Å²) in [6.45, 7) is -0.921. The minimum atomic E-state index is -2.21. The number of guanidine groups is 2. The zero-order valence-corrected chi connectivity index (χ0v) is 79.8. The Labute approximate surface area is 825 Å². The number of amides is 19. The van der Waals surface area contributed by atoms with Gasteiger partial charge in [-0.25, -0.2) is 9.78 Å². The standard InChI is InChI=1S/C83H127N29O31S/c1-37(2)21-48(105-71(132)46(14-9-19-91-83(87)88)102-76(137)53(31-113)109-75(136)50(23-42-27-89-36-96-42)106-70(131)45(101-65(126)38(3)84)13-8-18-90-82(85)86)73(134)103-47(16-17-62(120)121)72(133)108-55(33-115)78(139)110-54(32-114)77(138)107-52(25-64(124)125)69(130)95-30-60(118)99-51(24-63(122)123)68(129)94-28-59(117)97-40(5)67(128)104-49(22-41-26-92-44-12-7-6-11-43(41)44)74(135)111-57(35-144)80(141)112-20-10-15-58(112)79(140)98-39(4)66(127)93-29-61(119)100-56(34-116)81(142)143/h6-7,11-12,26-27,36-40,45-58,92,113-116,144H,8-10,13-25,28-35,84H2,1-5H3,(H,89,96)(H,93,127)(H,94,129)(H,95,130)(H,97,117)(H,98,140)(H,99,118)(H,100,119)(H,101,126)(H,102,137)(H,103,134)(H,104,128)(H,105,132)(H,106,131)(H,107,138)(H,108,133)(H,109,136)(H,110,139)(H,111,135)(H,120,121)(H,122,123)(H,124,125)(H,142,143)(H4,85,86,90)(H4,87,88,91)/t38-,39-,40-,45-,46-,47-,48-,49-,50-,51-,52-,53-,54-,55-,56-,57-,58-/m0/s1. The highest BCUT2D eigenvalue weighted by Crippen LogP contribution is 2.23. The molecule has 0 bridgehead atoms. The molecule has 796 valence electrons. The number of aliphatic hydroxyl groups excluding tert-OH is 4. The number of carbonyl (C=O) groups is 23. The van der Waals surface area contributed by atoms with Crippen molar-refractivity contribution < 1.29 is 151 Å². The van der Waals surface area contributed by atoms with Crippen LogP contribution in [-0.2, 0) is 123 Å².